The summed E-state index contributed by atoms with van der Waals surface area (Å²) < 4.78 is 28.3. The summed E-state index contributed by atoms with van der Waals surface area (Å²) in [6.07, 6.45) is 1.95. The van der Waals surface area contributed by atoms with E-state index in [1.165, 1.54) is 19.1 Å². The van der Waals surface area contributed by atoms with Gasteiger partial charge >= 0.3 is 0 Å². The van der Waals surface area contributed by atoms with Crippen molar-refractivity contribution in [3.63, 3.8) is 0 Å². The van der Waals surface area contributed by atoms with Gasteiger partial charge in [0.05, 0.1) is 4.90 Å². The number of nitrogens with zero attached hydrogens (tertiary/aromatic N) is 3. The smallest absolute Gasteiger partial charge is 0.240 e. The predicted octanol–water partition coefficient (Wildman–Crippen LogP) is 0.539. The fraction of sp³-hybridized carbons (Fsp3) is 0.308. The topological polar surface area (TPSA) is 94.0 Å². The Bertz CT molecular complexity index is 752. The van der Waals surface area contributed by atoms with E-state index in [4.69, 9.17) is 0 Å². The van der Waals surface area contributed by atoms with Gasteiger partial charge in [-0.1, -0.05) is 12.1 Å². The maximum atomic E-state index is 12.1. The first kappa shape index (κ1) is 15.3. The Morgan fingerprint density at radius 3 is 2.76 bits per heavy atom. The van der Waals surface area contributed by atoms with Gasteiger partial charge in [-0.05, 0) is 19.1 Å². The molecule has 0 fully saturated rings. The molecule has 2 rings (SSSR count). The summed E-state index contributed by atoms with van der Waals surface area (Å²) in [5.41, 5.74) is 0.365. The van der Waals surface area contributed by atoms with Crippen LogP contribution >= 0.6 is 0 Å². The molecule has 21 heavy (non-hydrogen) atoms. The van der Waals surface area contributed by atoms with Crippen molar-refractivity contribution in [3.05, 3.63) is 42.0 Å². The lowest BCUT2D eigenvalue weighted by atomic mass is 10.2. The molecule has 0 amide bonds. The van der Waals surface area contributed by atoms with Gasteiger partial charge in [-0.3, -0.25) is 9.48 Å². The molecule has 0 spiro atoms. The van der Waals surface area contributed by atoms with Crippen LogP contribution in [0.4, 0.5) is 0 Å². The van der Waals surface area contributed by atoms with Crippen molar-refractivity contribution in [1.82, 2.24) is 19.5 Å². The number of hydrogen-bond acceptors (Lipinski definition) is 5. The summed E-state index contributed by atoms with van der Waals surface area (Å²) in [4.78, 5) is 15.4. The van der Waals surface area contributed by atoms with Crippen LogP contribution in [0.5, 0.6) is 0 Å². The summed E-state index contributed by atoms with van der Waals surface area (Å²) in [6, 6.07) is 5.95. The lowest BCUT2D eigenvalue weighted by Gasteiger charge is -2.06. The maximum Gasteiger partial charge on any atom is 0.240 e. The zero-order valence-electron chi connectivity index (χ0n) is 11.8. The third kappa shape index (κ3) is 3.96. The molecule has 1 aromatic carbocycles. The van der Waals surface area contributed by atoms with Crippen molar-refractivity contribution in [2.75, 3.05) is 6.54 Å². The number of carbonyl (C=O) groups is 1. The zero-order valence-corrected chi connectivity index (χ0v) is 12.6. The van der Waals surface area contributed by atoms with Gasteiger partial charge in [-0.25, -0.2) is 18.1 Å². The highest BCUT2D eigenvalue weighted by Crippen LogP contribution is 2.11. The number of carbonyl (C=O) groups excluding carboxylic acids is 1. The minimum atomic E-state index is -3.64. The molecule has 112 valence electrons. The summed E-state index contributed by atoms with van der Waals surface area (Å²) in [7, 11) is -1.90. The van der Waals surface area contributed by atoms with Crippen LogP contribution in [-0.2, 0) is 23.5 Å². The molecule has 0 aliphatic rings. The Kier molecular flexibility index (Phi) is 4.49. The summed E-state index contributed by atoms with van der Waals surface area (Å²) in [5, 5.41) is 4.07. The largest absolute Gasteiger partial charge is 0.295 e. The first-order valence-corrected chi connectivity index (χ1v) is 7.82. The minimum absolute atomic E-state index is 0.0733. The maximum absolute atomic E-state index is 12.1. The van der Waals surface area contributed by atoms with Gasteiger partial charge in [-0.15, -0.1) is 0 Å². The highest BCUT2D eigenvalue weighted by atomic mass is 32.2. The number of rotatable bonds is 6. The van der Waals surface area contributed by atoms with Gasteiger partial charge in [-0.2, -0.15) is 5.10 Å². The van der Waals surface area contributed by atoms with Gasteiger partial charge in [0.2, 0.25) is 10.0 Å². The van der Waals surface area contributed by atoms with Crippen molar-refractivity contribution in [2.45, 2.75) is 18.2 Å². The Morgan fingerprint density at radius 1 is 1.38 bits per heavy atom. The monoisotopic (exact) mass is 308 g/mol. The molecule has 7 nitrogen and oxygen atoms in total. The van der Waals surface area contributed by atoms with E-state index in [9.17, 15) is 13.2 Å². The molecule has 1 aromatic heterocycles. The Morgan fingerprint density at radius 2 is 2.14 bits per heavy atom. The normalized spacial score (nSPS) is 11.5. The standard InChI is InChI=1S/C13H16N4O3S/c1-10(18)11-4-3-5-12(8-11)21(19,20)15-7-6-13-14-9-17(2)16-13/h3-5,8-9,15H,6-7H2,1-2H3. The van der Waals surface area contributed by atoms with Gasteiger partial charge < -0.3 is 0 Å². The number of aryl methyl sites for hydroxylation is 1. The summed E-state index contributed by atoms with van der Waals surface area (Å²) in [6.45, 7) is 1.59. The molecule has 1 N–H and O–H groups in total. The Balaban J connectivity index is 2.04. The lowest BCUT2D eigenvalue weighted by Crippen LogP contribution is -2.26. The van der Waals surface area contributed by atoms with E-state index in [1.54, 1.807) is 30.2 Å². The van der Waals surface area contributed by atoms with Gasteiger partial charge in [0.15, 0.2) is 11.6 Å². The average molecular weight is 308 g/mol. The highest BCUT2D eigenvalue weighted by Gasteiger charge is 2.15. The number of benzene rings is 1. The van der Waals surface area contributed by atoms with Crippen LogP contribution in [0.25, 0.3) is 0 Å². The van der Waals surface area contributed by atoms with Crippen LogP contribution in [0.1, 0.15) is 23.1 Å². The molecule has 0 bridgehead atoms. The fourth-order valence-corrected chi connectivity index (χ4v) is 2.84. The third-order valence-corrected chi connectivity index (χ3v) is 4.30. The predicted molar refractivity (Wildman–Crippen MR) is 76.3 cm³/mol. The number of Topliss-reactive ketones (excluding diaryl/α,β-unsaturated/α-hetero) is 1. The quantitative estimate of drug-likeness (QED) is 0.786. The molecular formula is C13H16N4O3S. The molecule has 0 atom stereocenters. The first-order chi connectivity index (χ1) is 9.88. The average Bonchev–Trinajstić information content (AvgIpc) is 2.84. The molecule has 0 saturated carbocycles. The van der Waals surface area contributed by atoms with E-state index in [2.05, 4.69) is 14.8 Å². The van der Waals surface area contributed by atoms with Crippen LogP contribution in [0.3, 0.4) is 0 Å². The second-order valence-electron chi connectivity index (χ2n) is 4.57. The van der Waals surface area contributed by atoms with Crippen molar-refractivity contribution in [2.24, 2.45) is 7.05 Å². The Hall–Kier alpha value is -2.06. The second-order valence-corrected chi connectivity index (χ2v) is 6.33. The van der Waals surface area contributed by atoms with Crippen molar-refractivity contribution in [1.29, 1.82) is 0 Å². The Labute approximate surface area is 123 Å². The molecule has 0 aliphatic heterocycles. The minimum Gasteiger partial charge on any atom is -0.295 e. The van der Waals surface area contributed by atoms with E-state index < -0.39 is 10.0 Å². The molecule has 2 aromatic rings. The second kappa shape index (κ2) is 6.15. The zero-order chi connectivity index (χ0) is 15.5. The lowest BCUT2D eigenvalue weighted by molar-refractivity contribution is 0.101. The first-order valence-electron chi connectivity index (χ1n) is 6.34. The van der Waals surface area contributed by atoms with E-state index in [0.29, 0.717) is 17.8 Å². The number of sulfonamides is 1. The van der Waals surface area contributed by atoms with Gasteiger partial charge in [0, 0.05) is 25.6 Å². The summed E-state index contributed by atoms with van der Waals surface area (Å²) >= 11 is 0. The van der Waals surface area contributed by atoms with E-state index >= 15 is 0 Å². The van der Waals surface area contributed by atoms with E-state index in [1.807, 2.05) is 0 Å². The van der Waals surface area contributed by atoms with Crippen molar-refractivity contribution in [3.8, 4) is 0 Å². The van der Waals surface area contributed by atoms with E-state index in [0.717, 1.165) is 0 Å². The summed E-state index contributed by atoms with van der Waals surface area (Å²) in [5.74, 6) is 0.391. The number of aromatic nitrogens is 3. The fourth-order valence-electron chi connectivity index (χ4n) is 1.76. The van der Waals surface area contributed by atoms with Crippen LogP contribution in [0.15, 0.2) is 35.5 Å². The SMILES string of the molecule is CC(=O)c1cccc(S(=O)(=O)NCCc2ncn(C)n2)c1. The van der Waals surface area contributed by atoms with Crippen molar-refractivity contribution < 1.29 is 13.2 Å². The molecule has 0 unspecified atom stereocenters. The van der Waals surface area contributed by atoms with Crippen molar-refractivity contribution >= 4 is 15.8 Å². The van der Waals surface area contributed by atoms with Crippen LogP contribution in [0.2, 0.25) is 0 Å². The molecule has 0 aliphatic carbocycles. The van der Waals surface area contributed by atoms with Gasteiger partial charge in [0.25, 0.3) is 0 Å². The molecule has 1 heterocycles. The van der Waals surface area contributed by atoms with Crippen LogP contribution < -0.4 is 4.72 Å². The number of hydrogen-bond donors (Lipinski definition) is 1. The van der Waals surface area contributed by atoms with Gasteiger partial charge in [0.1, 0.15) is 6.33 Å². The van der Waals surface area contributed by atoms with Crippen LogP contribution in [0, 0.1) is 0 Å². The number of ketones is 1. The van der Waals surface area contributed by atoms with E-state index in [-0.39, 0.29) is 17.2 Å². The molecule has 8 heteroatoms. The molecule has 0 radical (unpaired) electrons. The van der Waals surface area contributed by atoms with Crippen LogP contribution in [-0.4, -0.2) is 35.5 Å². The number of nitrogens with one attached hydrogen (secondary N) is 1. The third-order valence-electron chi connectivity index (χ3n) is 2.84. The molecule has 0 saturated heterocycles. The highest BCUT2D eigenvalue weighted by molar-refractivity contribution is 7.89. The molecular weight excluding hydrogens is 292 g/mol.